The van der Waals surface area contributed by atoms with Crippen LogP contribution in [0.2, 0.25) is 0 Å². The van der Waals surface area contributed by atoms with Gasteiger partial charge >= 0.3 is 6.09 Å². The van der Waals surface area contributed by atoms with Crippen LogP contribution in [-0.2, 0) is 9.47 Å². The molecule has 2 aromatic heterocycles. The Morgan fingerprint density at radius 1 is 1.07 bits per heavy atom. The average Bonchev–Trinajstić information content (AvgIpc) is 3.61. The lowest BCUT2D eigenvalue weighted by atomic mass is 9.98. The van der Waals surface area contributed by atoms with Crippen molar-refractivity contribution in [2.45, 2.75) is 30.5 Å². The highest BCUT2D eigenvalue weighted by Gasteiger charge is 2.44. The van der Waals surface area contributed by atoms with Crippen molar-refractivity contribution in [3.8, 4) is 11.1 Å². The number of aliphatic hydroxyl groups is 2. The number of aromatic nitrogens is 4. The van der Waals surface area contributed by atoms with E-state index in [0.717, 1.165) is 11.1 Å². The highest BCUT2D eigenvalue weighted by atomic mass is 16.6. The topological polar surface area (TPSA) is 161 Å². The molecule has 208 valence electrons. The van der Waals surface area contributed by atoms with Gasteiger partial charge in [-0.2, -0.15) is 0 Å². The number of likely N-dealkylation sites (N-methyl/N-ethyl adjacent to an activating group) is 1. The number of nitrogens with one attached hydrogen (secondary N) is 1. The first kappa shape index (κ1) is 26.1. The number of hydrogen-bond donors (Lipinski definition) is 4. The predicted octanol–water partition coefficient (Wildman–Crippen LogP) is 1.50. The highest BCUT2D eigenvalue weighted by Crippen LogP contribution is 2.44. The molecular weight excluding hydrogens is 514 g/mol. The summed E-state index contributed by atoms with van der Waals surface area (Å²) in [4.78, 5) is 26.7. The zero-order valence-electron chi connectivity index (χ0n) is 21.9. The molecule has 1 fully saturated rings. The number of alkyl carbamates (subject to hydrolysis) is 1. The standard InChI is InChI=1S/C28H31N7O5/c1-34(12-21-23(36)24(37)27(40-21)35-15-33-22-25(29)31-14-32-26(22)35)11-10-30-28(38)39-13-20-18-8-4-2-6-16(18)17-7-3-5-9-19(17)20/h2-9,14-15,20-21,23-24,27,36-37H,10-13H2,1H3,(H,30,38)(H2,29,31,32)/t21-,23-,24-,27+/m1/s1. The molecule has 0 saturated carbocycles. The lowest BCUT2D eigenvalue weighted by molar-refractivity contribution is -0.0420. The van der Waals surface area contributed by atoms with E-state index in [1.54, 1.807) is 4.57 Å². The molecule has 0 spiro atoms. The first-order chi connectivity index (χ1) is 19.4. The SMILES string of the molecule is CN(CCNC(=O)OCC1c2ccccc2-c2ccccc21)C[C@H]1O[C@H](n2cnc3c(N)ncnc32)[C@H](O)[C@@H]1O. The lowest BCUT2D eigenvalue weighted by Gasteiger charge is -2.23. The molecule has 5 N–H and O–H groups in total. The van der Waals surface area contributed by atoms with Crippen LogP contribution in [0.4, 0.5) is 10.6 Å². The Morgan fingerprint density at radius 3 is 2.50 bits per heavy atom. The Hall–Kier alpha value is -4.10. The quantitative estimate of drug-likeness (QED) is 0.255. The first-order valence-electron chi connectivity index (χ1n) is 13.1. The van der Waals surface area contributed by atoms with E-state index >= 15 is 0 Å². The Balaban J connectivity index is 0.989. The minimum Gasteiger partial charge on any atom is -0.449 e. The number of benzene rings is 2. The fraction of sp³-hybridized carbons (Fsp3) is 0.357. The van der Waals surface area contributed by atoms with Crippen molar-refractivity contribution in [2.24, 2.45) is 0 Å². The van der Waals surface area contributed by atoms with E-state index in [1.165, 1.54) is 23.8 Å². The van der Waals surface area contributed by atoms with Crippen molar-refractivity contribution in [1.82, 2.24) is 29.7 Å². The van der Waals surface area contributed by atoms with Gasteiger partial charge in [-0.25, -0.2) is 19.7 Å². The Labute approximate surface area is 230 Å². The number of amides is 1. The number of carbonyl (C=O) groups excluding carboxylic acids is 1. The molecule has 4 atom stereocenters. The van der Waals surface area contributed by atoms with Gasteiger partial charge in [0.2, 0.25) is 0 Å². The molecule has 0 bridgehead atoms. The van der Waals surface area contributed by atoms with Crippen LogP contribution in [0.5, 0.6) is 0 Å². The molecule has 1 aliphatic heterocycles. The van der Waals surface area contributed by atoms with Crippen molar-refractivity contribution in [2.75, 3.05) is 39.0 Å². The van der Waals surface area contributed by atoms with Gasteiger partial charge in [-0.15, -0.1) is 0 Å². The number of rotatable bonds is 8. The Morgan fingerprint density at radius 2 is 1.77 bits per heavy atom. The van der Waals surface area contributed by atoms with Crippen molar-refractivity contribution >= 4 is 23.1 Å². The molecule has 40 heavy (non-hydrogen) atoms. The van der Waals surface area contributed by atoms with Crippen molar-refractivity contribution in [3.05, 3.63) is 72.3 Å². The van der Waals surface area contributed by atoms with E-state index in [2.05, 4.69) is 44.5 Å². The van der Waals surface area contributed by atoms with Gasteiger partial charge in [0, 0.05) is 25.6 Å². The van der Waals surface area contributed by atoms with Crippen LogP contribution in [0.3, 0.4) is 0 Å². The lowest BCUT2D eigenvalue weighted by Crippen LogP contribution is -2.41. The van der Waals surface area contributed by atoms with Crippen LogP contribution < -0.4 is 11.1 Å². The molecule has 1 amide bonds. The fourth-order valence-corrected chi connectivity index (χ4v) is 5.56. The number of fused-ring (bicyclic) bond motifs is 4. The number of carbonyl (C=O) groups is 1. The molecule has 0 radical (unpaired) electrons. The summed E-state index contributed by atoms with van der Waals surface area (Å²) in [6.45, 7) is 1.39. The normalized spacial score (nSPS) is 22.0. The number of imidazole rings is 1. The van der Waals surface area contributed by atoms with E-state index in [9.17, 15) is 15.0 Å². The third-order valence-electron chi connectivity index (χ3n) is 7.60. The third-order valence-corrected chi connectivity index (χ3v) is 7.60. The monoisotopic (exact) mass is 545 g/mol. The second-order valence-electron chi connectivity index (χ2n) is 10.1. The molecule has 3 heterocycles. The third kappa shape index (κ3) is 4.75. The summed E-state index contributed by atoms with van der Waals surface area (Å²) in [6.07, 6.45) is -1.59. The van der Waals surface area contributed by atoms with Crippen LogP contribution in [0.25, 0.3) is 22.3 Å². The van der Waals surface area contributed by atoms with Gasteiger partial charge in [0.1, 0.15) is 36.8 Å². The average molecular weight is 546 g/mol. The fourth-order valence-electron chi connectivity index (χ4n) is 5.56. The first-order valence-corrected chi connectivity index (χ1v) is 13.1. The van der Waals surface area contributed by atoms with E-state index in [1.807, 2.05) is 36.2 Å². The molecule has 0 unspecified atom stereocenters. The Kier molecular flexibility index (Phi) is 7.07. The number of hydrogen-bond acceptors (Lipinski definition) is 10. The summed E-state index contributed by atoms with van der Waals surface area (Å²) in [5.41, 5.74) is 11.3. The number of nitrogens with zero attached hydrogens (tertiary/aromatic N) is 5. The summed E-state index contributed by atoms with van der Waals surface area (Å²) < 4.78 is 13.1. The van der Waals surface area contributed by atoms with Gasteiger partial charge in [-0.3, -0.25) is 4.57 Å². The molecule has 2 aromatic carbocycles. The van der Waals surface area contributed by atoms with Gasteiger partial charge in [-0.05, 0) is 29.3 Å². The summed E-state index contributed by atoms with van der Waals surface area (Å²) in [6, 6.07) is 16.4. The number of nitrogen functional groups attached to an aromatic ring is 1. The number of ether oxygens (including phenoxy) is 2. The molecule has 2 aliphatic rings. The molecule has 6 rings (SSSR count). The van der Waals surface area contributed by atoms with Gasteiger partial charge < -0.3 is 35.6 Å². The van der Waals surface area contributed by atoms with Crippen LogP contribution >= 0.6 is 0 Å². The second kappa shape index (κ2) is 10.8. The number of nitrogens with two attached hydrogens (primary N) is 1. The minimum atomic E-state index is -1.19. The van der Waals surface area contributed by atoms with Crippen molar-refractivity contribution in [3.63, 3.8) is 0 Å². The minimum absolute atomic E-state index is 0.00304. The second-order valence-corrected chi connectivity index (χ2v) is 10.1. The maximum absolute atomic E-state index is 12.5. The molecular formula is C28H31N7O5. The number of anilines is 1. The summed E-state index contributed by atoms with van der Waals surface area (Å²) in [5.74, 6) is 0.216. The van der Waals surface area contributed by atoms with Gasteiger partial charge in [0.25, 0.3) is 0 Å². The smallest absolute Gasteiger partial charge is 0.407 e. The van der Waals surface area contributed by atoms with Gasteiger partial charge in [0.05, 0.1) is 6.33 Å². The van der Waals surface area contributed by atoms with Gasteiger partial charge in [-0.1, -0.05) is 48.5 Å². The Bertz CT molecular complexity index is 1480. The maximum atomic E-state index is 12.5. The molecule has 1 saturated heterocycles. The summed E-state index contributed by atoms with van der Waals surface area (Å²) in [5, 5.41) is 24.1. The molecule has 12 nitrogen and oxygen atoms in total. The summed E-state index contributed by atoms with van der Waals surface area (Å²) >= 11 is 0. The van der Waals surface area contributed by atoms with E-state index in [4.69, 9.17) is 15.2 Å². The van der Waals surface area contributed by atoms with Crippen LogP contribution in [0, 0.1) is 0 Å². The zero-order valence-corrected chi connectivity index (χ0v) is 21.9. The van der Waals surface area contributed by atoms with E-state index in [0.29, 0.717) is 30.8 Å². The largest absolute Gasteiger partial charge is 0.449 e. The van der Waals surface area contributed by atoms with E-state index < -0.39 is 30.6 Å². The van der Waals surface area contributed by atoms with Crippen molar-refractivity contribution < 1.29 is 24.5 Å². The highest BCUT2D eigenvalue weighted by molar-refractivity contribution is 5.81. The van der Waals surface area contributed by atoms with Crippen LogP contribution in [-0.4, -0.2) is 92.3 Å². The van der Waals surface area contributed by atoms with Crippen molar-refractivity contribution in [1.29, 1.82) is 0 Å². The summed E-state index contributed by atoms with van der Waals surface area (Å²) in [7, 11) is 1.84. The molecule has 12 heteroatoms. The van der Waals surface area contributed by atoms with Crippen LogP contribution in [0.15, 0.2) is 61.2 Å². The van der Waals surface area contributed by atoms with Gasteiger partial charge in [0.15, 0.2) is 17.7 Å². The molecule has 1 aliphatic carbocycles. The molecule has 4 aromatic rings. The van der Waals surface area contributed by atoms with Crippen LogP contribution in [0.1, 0.15) is 23.3 Å². The maximum Gasteiger partial charge on any atom is 0.407 e. The van der Waals surface area contributed by atoms with E-state index in [-0.39, 0.29) is 18.3 Å². The number of aliphatic hydroxyl groups excluding tert-OH is 2. The predicted molar refractivity (Wildman–Crippen MR) is 146 cm³/mol. The zero-order chi connectivity index (χ0) is 27.8.